The third-order valence-electron chi connectivity index (χ3n) is 4.04. The van der Waals surface area contributed by atoms with Gasteiger partial charge in [-0.05, 0) is 38.0 Å². The number of rotatable bonds is 6. The lowest BCUT2D eigenvalue weighted by Crippen LogP contribution is -2.42. The van der Waals surface area contributed by atoms with Crippen molar-refractivity contribution in [2.24, 2.45) is 0 Å². The van der Waals surface area contributed by atoms with Crippen LogP contribution in [0.15, 0.2) is 39.3 Å². The second kappa shape index (κ2) is 8.46. The van der Waals surface area contributed by atoms with E-state index >= 15 is 0 Å². The molecule has 2 amide bonds. The van der Waals surface area contributed by atoms with Gasteiger partial charge in [0.2, 0.25) is 5.91 Å². The average Bonchev–Trinajstić information content (AvgIpc) is 3.25. The van der Waals surface area contributed by atoms with Crippen molar-refractivity contribution in [2.45, 2.75) is 25.9 Å². The Kier molecular flexibility index (Phi) is 6.05. The van der Waals surface area contributed by atoms with Crippen LogP contribution in [-0.4, -0.2) is 47.7 Å². The molecule has 26 heavy (non-hydrogen) atoms. The summed E-state index contributed by atoms with van der Waals surface area (Å²) in [5.41, 5.74) is 0.516. The lowest BCUT2D eigenvalue weighted by atomic mass is 10.1. The van der Waals surface area contributed by atoms with Crippen LogP contribution < -0.4 is 5.32 Å². The third kappa shape index (κ3) is 4.92. The first-order chi connectivity index (χ1) is 12.5. The highest BCUT2D eigenvalue weighted by molar-refractivity contribution is 9.10. The smallest absolute Gasteiger partial charge is 0.254 e. The third-order valence-corrected chi connectivity index (χ3v) is 4.53. The lowest BCUT2D eigenvalue weighted by molar-refractivity contribution is -0.117. The summed E-state index contributed by atoms with van der Waals surface area (Å²) >= 11 is 3.37. The maximum absolute atomic E-state index is 12.9. The maximum atomic E-state index is 12.9. The normalized spacial score (nSPS) is 16.5. The van der Waals surface area contributed by atoms with Crippen LogP contribution in [0.3, 0.4) is 0 Å². The summed E-state index contributed by atoms with van der Waals surface area (Å²) < 4.78 is 11.4. The second-order valence-electron chi connectivity index (χ2n) is 6.20. The molecule has 1 N–H and O–H groups in total. The minimum absolute atomic E-state index is 0.0480. The Bertz CT molecular complexity index is 786. The first kappa shape index (κ1) is 18.6. The van der Waals surface area contributed by atoms with Gasteiger partial charge in [-0.3, -0.25) is 9.59 Å². The number of nitrogens with one attached hydrogen (secondary N) is 1. The zero-order valence-electron chi connectivity index (χ0n) is 14.4. The Morgan fingerprint density at radius 1 is 1.38 bits per heavy atom. The maximum Gasteiger partial charge on any atom is 0.254 e. The predicted molar refractivity (Wildman–Crippen MR) is 98.9 cm³/mol. The molecule has 1 fully saturated rings. The number of anilines is 1. The van der Waals surface area contributed by atoms with Crippen molar-refractivity contribution in [1.29, 1.82) is 0 Å². The van der Waals surface area contributed by atoms with Crippen LogP contribution in [0.2, 0.25) is 0 Å². The monoisotopic (exact) mass is 421 g/mol. The molecule has 1 saturated heterocycles. The standard InChI is InChI=1S/C18H20BrN3O4/c1-12-8-16(21-26-12)20-17(23)11-22(10-15-6-3-7-25-15)18(24)13-4-2-5-14(19)9-13/h2,4-5,8-9,15H,3,6-7,10-11H2,1H3,(H,20,21,23). The fraction of sp³-hybridized carbons (Fsp3) is 0.389. The molecule has 1 aromatic heterocycles. The van der Waals surface area contributed by atoms with Gasteiger partial charge in [-0.1, -0.05) is 27.2 Å². The molecule has 2 aromatic rings. The van der Waals surface area contributed by atoms with Gasteiger partial charge in [-0.2, -0.15) is 0 Å². The van der Waals surface area contributed by atoms with Gasteiger partial charge in [-0.25, -0.2) is 0 Å². The number of benzene rings is 1. The van der Waals surface area contributed by atoms with Gasteiger partial charge in [0.1, 0.15) is 12.3 Å². The molecule has 1 aromatic carbocycles. The van der Waals surface area contributed by atoms with E-state index in [0.717, 1.165) is 17.3 Å². The van der Waals surface area contributed by atoms with Crippen LogP contribution >= 0.6 is 15.9 Å². The molecule has 2 heterocycles. The molecule has 0 bridgehead atoms. The summed E-state index contributed by atoms with van der Waals surface area (Å²) in [5.74, 6) is 0.383. The van der Waals surface area contributed by atoms with Crippen LogP contribution in [-0.2, 0) is 9.53 Å². The molecule has 138 valence electrons. The van der Waals surface area contributed by atoms with Gasteiger partial charge in [-0.15, -0.1) is 0 Å². The quantitative estimate of drug-likeness (QED) is 0.774. The van der Waals surface area contributed by atoms with E-state index < -0.39 is 0 Å². The van der Waals surface area contributed by atoms with E-state index in [1.165, 1.54) is 4.90 Å². The summed E-state index contributed by atoms with van der Waals surface area (Å²) in [7, 11) is 0. The van der Waals surface area contributed by atoms with E-state index in [-0.39, 0.29) is 24.5 Å². The number of carbonyl (C=O) groups is 2. The predicted octanol–water partition coefficient (Wildman–Crippen LogP) is 3.01. The highest BCUT2D eigenvalue weighted by atomic mass is 79.9. The summed E-state index contributed by atoms with van der Waals surface area (Å²) in [4.78, 5) is 26.8. The Labute approximate surface area is 159 Å². The number of hydrogen-bond donors (Lipinski definition) is 1. The van der Waals surface area contributed by atoms with Crippen LogP contribution in [0.25, 0.3) is 0 Å². The molecular weight excluding hydrogens is 402 g/mol. The van der Waals surface area contributed by atoms with E-state index in [2.05, 4.69) is 26.4 Å². The zero-order valence-corrected chi connectivity index (χ0v) is 16.0. The molecule has 3 rings (SSSR count). The van der Waals surface area contributed by atoms with E-state index in [1.54, 1.807) is 31.2 Å². The van der Waals surface area contributed by atoms with Crippen molar-refractivity contribution in [1.82, 2.24) is 10.1 Å². The lowest BCUT2D eigenvalue weighted by Gasteiger charge is -2.25. The first-order valence-electron chi connectivity index (χ1n) is 8.41. The van der Waals surface area contributed by atoms with Crippen molar-refractivity contribution in [3.05, 3.63) is 46.1 Å². The van der Waals surface area contributed by atoms with Crippen molar-refractivity contribution in [3.8, 4) is 0 Å². The molecule has 0 aliphatic carbocycles. The van der Waals surface area contributed by atoms with Crippen molar-refractivity contribution in [2.75, 3.05) is 25.0 Å². The number of nitrogens with zero attached hydrogens (tertiary/aromatic N) is 2. The number of aromatic nitrogens is 1. The van der Waals surface area contributed by atoms with E-state index in [1.807, 2.05) is 6.07 Å². The molecule has 1 aliphatic heterocycles. The highest BCUT2D eigenvalue weighted by Gasteiger charge is 2.25. The van der Waals surface area contributed by atoms with Gasteiger partial charge in [0.25, 0.3) is 5.91 Å². The van der Waals surface area contributed by atoms with E-state index in [0.29, 0.717) is 30.3 Å². The summed E-state index contributed by atoms with van der Waals surface area (Å²) in [5, 5.41) is 6.39. The minimum atomic E-state index is -0.334. The second-order valence-corrected chi connectivity index (χ2v) is 7.12. The number of halogens is 1. The van der Waals surface area contributed by atoms with Crippen LogP contribution in [0.1, 0.15) is 29.0 Å². The van der Waals surface area contributed by atoms with Gasteiger partial charge >= 0.3 is 0 Å². The molecule has 0 saturated carbocycles. The molecule has 0 radical (unpaired) electrons. The van der Waals surface area contributed by atoms with Gasteiger partial charge in [0.15, 0.2) is 5.82 Å². The Balaban J connectivity index is 1.71. The number of ether oxygens (including phenoxy) is 1. The fourth-order valence-electron chi connectivity index (χ4n) is 2.84. The Hall–Kier alpha value is -2.19. The fourth-order valence-corrected chi connectivity index (χ4v) is 3.24. The Morgan fingerprint density at radius 2 is 2.23 bits per heavy atom. The number of aryl methyl sites for hydroxylation is 1. The molecule has 1 aliphatic rings. The van der Waals surface area contributed by atoms with Gasteiger partial charge in [0.05, 0.1) is 6.10 Å². The summed E-state index contributed by atoms with van der Waals surface area (Å²) in [6, 6.07) is 8.73. The summed E-state index contributed by atoms with van der Waals surface area (Å²) in [6.07, 6.45) is 1.80. The van der Waals surface area contributed by atoms with E-state index in [9.17, 15) is 9.59 Å². The molecule has 8 heteroatoms. The van der Waals surface area contributed by atoms with E-state index in [4.69, 9.17) is 9.26 Å². The summed E-state index contributed by atoms with van der Waals surface area (Å²) in [6.45, 7) is 2.71. The highest BCUT2D eigenvalue weighted by Crippen LogP contribution is 2.17. The van der Waals surface area contributed by atoms with Crippen LogP contribution in [0, 0.1) is 6.92 Å². The number of hydrogen-bond acceptors (Lipinski definition) is 5. The molecular formula is C18H20BrN3O4. The molecule has 0 spiro atoms. The van der Waals surface area contributed by atoms with Crippen molar-refractivity contribution in [3.63, 3.8) is 0 Å². The largest absolute Gasteiger partial charge is 0.376 e. The molecule has 1 atom stereocenters. The number of amides is 2. The Morgan fingerprint density at radius 3 is 2.88 bits per heavy atom. The first-order valence-corrected chi connectivity index (χ1v) is 9.20. The zero-order chi connectivity index (χ0) is 18.5. The van der Waals surface area contributed by atoms with Crippen LogP contribution in [0.4, 0.5) is 5.82 Å². The number of carbonyl (C=O) groups excluding carboxylic acids is 2. The van der Waals surface area contributed by atoms with Gasteiger partial charge in [0, 0.05) is 29.3 Å². The molecule has 7 nitrogen and oxygen atoms in total. The van der Waals surface area contributed by atoms with Gasteiger partial charge < -0.3 is 19.5 Å². The van der Waals surface area contributed by atoms with Crippen molar-refractivity contribution >= 4 is 33.6 Å². The SMILES string of the molecule is Cc1cc(NC(=O)CN(CC2CCCO2)C(=O)c2cccc(Br)c2)no1. The van der Waals surface area contributed by atoms with Crippen molar-refractivity contribution < 1.29 is 18.8 Å². The van der Waals surface area contributed by atoms with Crippen LogP contribution in [0.5, 0.6) is 0 Å². The topological polar surface area (TPSA) is 84.7 Å². The molecule has 1 unspecified atom stereocenters. The average molecular weight is 422 g/mol. The minimum Gasteiger partial charge on any atom is -0.376 e.